The molecule has 0 saturated carbocycles. The number of aromatic nitrogens is 1. The van der Waals surface area contributed by atoms with Crippen LogP contribution in [0.25, 0.3) is 0 Å². The number of halogens is 1. The monoisotopic (exact) mass is 575 g/mol. The highest BCUT2D eigenvalue weighted by Crippen LogP contribution is 2.24. The van der Waals surface area contributed by atoms with E-state index in [4.69, 9.17) is 9.47 Å². The van der Waals surface area contributed by atoms with Crippen LogP contribution < -0.4 is 5.32 Å². The Labute approximate surface area is 214 Å². The summed E-state index contributed by atoms with van der Waals surface area (Å²) in [7, 11) is 3.15. The number of carbonyl (C=O) groups excluding carboxylic acids is 2. The van der Waals surface area contributed by atoms with Crippen LogP contribution in [0, 0.1) is 11.8 Å². The van der Waals surface area contributed by atoms with E-state index < -0.39 is 5.60 Å². The highest BCUT2D eigenvalue weighted by molar-refractivity contribution is 14.0. The zero-order valence-electron chi connectivity index (χ0n) is 20.5. The number of likely N-dealkylation sites (tertiary alicyclic amines) is 1. The predicted molar refractivity (Wildman–Crippen MR) is 139 cm³/mol. The number of rotatable bonds is 7. The molecular weight excluding hydrogens is 537 g/mol. The summed E-state index contributed by atoms with van der Waals surface area (Å²) in [6.45, 7) is 10.5. The smallest absolute Gasteiger partial charge is 0.410 e. The molecule has 0 aromatic carbocycles. The molecule has 1 aromatic rings. The van der Waals surface area contributed by atoms with Crippen molar-refractivity contribution < 1.29 is 19.1 Å². The van der Waals surface area contributed by atoms with Gasteiger partial charge in [0.05, 0.1) is 19.6 Å². The topological polar surface area (TPSA) is 96.4 Å². The van der Waals surface area contributed by atoms with E-state index in [1.165, 1.54) is 7.11 Å². The van der Waals surface area contributed by atoms with E-state index in [-0.39, 0.29) is 47.9 Å². The molecule has 0 aliphatic carbocycles. The quantitative estimate of drug-likeness (QED) is 0.176. The maximum atomic E-state index is 12.7. The lowest BCUT2D eigenvalue weighted by molar-refractivity contribution is -0.146. The fraction of sp³-hybridized carbons (Fsp3) is 0.652. The maximum Gasteiger partial charge on any atom is 0.410 e. The average molecular weight is 575 g/mol. The number of hydrogen-bond acceptors (Lipinski definition) is 6. The van der Waals surface area contributed by atoms with Crippen LogP contribution in [0.2, 0.25) is 0 Å². The van der Waals surface area contributed by atoms with E-state index in [2.05, 4.69) is 20.2 Å². The van der Waals surface area contributed by atoms with Crippen LogP contribution in [0.1, 0.15) is 39.7 Å². The lowest BCUT2D eigenvalue weighted by atomic mass is 9.99. The molecule has 186 valence electrons. The van der Waals surface area contributed by atoms with E-state index in [0.29, 0.717) is 32.6 Å². The van der Waals surface area contributed by atoms with Crippen LogP contribution in [0.5, 0.6) is 0 Å². The van der Waals surface area contributed by atoms with Gasteiger partial charge < -0.3 is 24.6 Å². The number of carbonyl (C=O) groups is 2. The van der Waals surface area contributed by atoms with Gasteiger partial charge in [-0.25, -0.2) is 4.79 Å². The van der Waals surface area contributed by atoms with Crippen LogP contribution in [0.4, 0.5) is 4.79 Å². The molecule has 0 radical (unpaired) electrons. The molecule has 1 aromatic heterocycles. The number of pyridine rings is 1. The second kappa shape index (κ2) is 13.6. The van der Waals surface area contributed by atoms with E-state index in [1.54, 1.807) is 24.3 Å². The van der Waals surface area contributed by atoms with Crippen molar-refractivity contribution in [1.29, 1.82) is 0 Å². The third-order valence-corrected chi connectivity index (χ3v) is 5.26. The first-order valence-electron chi connectivity index (χ1n) is 11.0. The summed E-state index contributed by atoms with van der Waals surface area (Å²) in [6, 6.07) is 3.80. The minimum absolute atomic E-state index is 0. The minimum atomic E-state index is -0.562. The zero-order valence-corrected chi connectivity index (χ0v) is 22.9. The first kappa shape index (κ1) is 28.9. The molecule has 0 bridgehead atoms. The Balaban J connectivity index is 0.00000544. The average Bonchev–Trinajstić information content (AvgIpc) is 3.13. The first-order chi connectivity index (χ1) is 15.1. The molecule has 33 heavy (non-hydrogen) atoms. The molecule has 2 heterocycles. The first-order valence-corrected chi connectivity index (χ1v) is 11.0. The number of aliphatic imine (C=N–C) groups is 1. The number of methoxy groups -OCH3 is 1. The zero-order chi connectivity index (χ0) is 23.7. The van der Waals surface area contributed by atoms with Gasteiger partial charge >= 0.3 is 12.1 Å². The van der Waals surface area contributed by atoms with Crippen LogP contribution >= 0.6 is 24.0 Å². The van der Waals surface area contributed by atoms with Crippen molar-refractivity contribution in [3.05, 3.63) is 30.1 Å². The summed E-state index contributed by atoms with van der Waals surface area (Å²) in [5.74, 6) is 0.613. The highest BCUT2D eigenvalue weighted by Gasteiger charge is 2.36. The number of guanidine groups is 1. The fourth-order valence-corrected chi connectivity index (χ4v) is 3.67. The summed E-state index contributed by atoms with van der Waals surface area (Å²) in [5.41, 5.74) is 0.384. The molecule has 1 aliphatic heterocycles. The van der Waals surface area contributed by atoms with Crippen LogP contribution in [-0.4, -0.2) is 78.7 Å². The normalized spacial score (nSPS) is 18.4. The molecule has 9 nitrogen and oxygen atoms in total. The SMILES string of the molecule is CN=C(NCCCN(Cc1cccnc1)C(=O)OC(C)(C)C)N1CC(C)C(C(=O)OC)C1.I. The van der Waals surface area contributed by atoms with Gasteiger partial charge in [0.2, 0.25) is 0 Å². The maximum absolute atomic E-state index is 12.7. The number of nitrogens with one attached hydrogen (secondary N) is 1. The summed E-state index contributed by atoms with van der Waals surface area (Å²) in [4.78, 5) is 36.9. The number of esters is 1. The largest absolute Gasteiger partial charge is 0.469 e. The Morgan fingerprint density at radius 1 is 1.33 bits per heavy atom. The summed E-state index contributed by atoms with van der Waals surface area (Å²) in [6.07, 6.45) is 3.83. The minimum Gasteiger partial charge on any atom is -0.469 e. The molecule has 10 heteroatoms. The van der Waals surface area contributed by atoms with Crippen molar-refractivity contribution in [2.24, 2.45) is 16.8 Å². The number of amides is 1. The van der Waals surface area contributed by atoms with Crippen molar-refractivity contribution in [3.8, 4) is 0 Å². The summed E-state index contributed by atoms with van der Waals surface area (Å²) in [5, 5.41) is 3.35. The number of nitrogens with zero attached hydrogens (tertiary/aromatic N) is 4. The van der Waals surface area contributed by atoms with Crippen molar-refractivity contribution in [2.45, 2.75) is 46.3 Å². The molecular formula is C23H38IN5O4. The van der Waals surface area contributed by atoms with Gasteiger partial charge in [0.1, 0.15) is 5.60 Å². The second-order valence-corrected chi connectivity index (χ2v) is 9.10. The molecule has 1 fully saturated rings. The third-order valence-electron chi connectivity index (χ3n) is 5.26. The standard InChI is InChI=1S/C23H37N5O4.HI/c1-17-14-28(16-19(17)20(29)31-6)21(24-5)26-11-8-12-27(22(30)32-23(2,3)4)15-18-9-7-10-25-13-18;/h7,9-10,13,17,19H,8,11-12,14-16H2,1-6H3,(H,24,26);1H. The molecule has 1 N–H and O–H groups in total. The van der Waals surface area contributed by atoms with Gasteiger partial charge in [-0.05, 0) is 44.7 Å². The third kappa shape index (κ3) is 9.34. The van der Waals surface area contributed by atoms with Gasteiger partial charge in [-0.15, -0.1) is 24.0 Å². The van der Waals surface area contributed by atoms with E-state index >= 15 is 0 Å². The Bertz CT molecular complexity index is 785. The Kier molecular flexibility index (Phi) is 11.9. The number of hydrogen-bond donors (Lipinski definition) is 1. The van der Waals surface area contributed by atoms with Gasteiger partial charge in [-0.2, -0.15) is 0 Å². The van der Waals surface area contributed by atoms with Crippen LogP contribution in [-0.2, 0) is 20.8 Å². The lowest BCUT2D eigenvalue weighted by Crippen LogP contribution is -2.42. The fourth-order valence-electron chi connectivity index (χ4n) is 3.67. The molecule has 1 saturated heterocycles. The van der Waals surface area contributed by atoms with E-state index in [1.807, 2.05) is 39.8 Å². The predicted octanol–water partition coefficient (Wildman–Crippen LogP) is 3.14. The molecule has 2 unspecified atom stereocenters. The molecule has 2 rings (SSSR count). The van der Waals surface area contributed by atoms with E-state index in [0.717, 1.165) is 18.1 Å². The Morgan fingerprint density at radius 2 is 2.06 bits per heavy atom. The summed E-state index contributed by atoms with van der Waals surface area (Å²) >= 11 is 0. The van der Waals surface area contributed by atoms with Crippen LogP contribution in [0.3, 0.4) is 0 Å². The second-order valence-electron chi connectivity index (χ2n) is 9.10. The Hall–Kier alpha value is -2.11. The van der Waals surface area contributed by atoms with Crippen molar-refractivity contribution in [1.82, 2.24) is 20.1 Å². The highest BCUT2D eigenvalue weighted by atomic mass is 127. The summed E-state index contributed by atoms with van der Waals surface area (Å²) < 4.78 is 10.5. The molecule has 1 aliphatic rings. The molecule has 1 amide bonds. The van der Waals surface area contributed by atoms with Gasteiger partial charge in [-0.1, -0.05) is 13.0 Å². The van der Waals surface area contributed by atoms with Gasteiger partial charge in [0, 0.05) is 45.6 Å². The number of ether oxygens (including phenoxy) is 2. The van der Waals surface area contributed by atoms with Crippen molar-refractivity contribution in [3.63, 3.8) is 0 Å². The van der Waals surface area contributed by atoms with Gasteiger partial charge in [0.15, 0.2) is 5.96 Å². The van der Waals surface area contributed by atoms with Crippen molar-refractivity contribution >= 4 is 42.0 Å². The van der Waals surface area contributed by atoms with Gasteiger partial charge in [-0.3, -0.25) is 14.8 Å². The van der Waals surface area contributed by atoms with Gasteiger partial charge in [0.25, 0.3) is 0 Å². The van der Waals surface area contributed by atoms with Crippen LogP contribution in [0.15, 0.2) is 29.5 Å². The van der Waals surface area contributed by atoms with E-state index in [9.17, 15) is 9.59 Å². The molecule has 0 spiro atoms. The lowest BCUT2D eigenvalue weighted by Gasteiger charge is -2.28. The molecule has 2 atom stereocenters. The van der Waals surface area contributed by atoms with Crippen molar-refractivity contribution in [2.75, 3.05) is 40.3 Å². The Morgan fingerprint density at radius 3 is 2.64 bits per heavy atom.